The summed E-state index contributed by atoms with van der Waals surface area (Å²) in [6, 6.07) is 15.7. The molecule has 0 fully saturated rings. The minimum Gasteiger partial charge on any atom is -1.00 e. The number of hydrogen-bond donors (Lipinski definition) is 1. The molecule has 1 N–H and O–H groups in total. The van der Waals surface area contributed by atoms with Crippen LogP contribution in [0.2, 0.25) is 0 Å². The van der Waals surface area contributed by atoms with Gasteiger partial charge in [-0.1, -0.05) is 48.5 Å². The number of rotatable bonds is 4. The van der Waals surface area contributed by atoms with E-state index in [0.717, 1.165) is 0 Å². The zero-order chi connectivity index (χ0) is 13.8. The second-order valence-electron chi connectivity index (χ2n) is 4.38. The Morgan fingerprint density at radius 2 is 1.60 bits per heavy atom. The van der Waals surface area contributed by atoms with Crippen LogP contribution in [-0.4, -0.2) is 54.6 Å². The van der Waals surface area contributed by atoms with E-state index in [9.17, 15) is 9.59 Å². The van der Waals surface area contributed by atoms with E-state index in [1.54, 1.807) is 55.5 Å². The molecule has 2 aromatic carbocycles. The number of carboxylic acid groups (broad SMARTS) is 1. The summed E-state index contributed by atoms with van der Waals surface area (Å²) in [5, 5.41) is 9.00. The van der Waals surface area contributed by atoms with Crippen LogP contribution in [-0.2, 0) is 4.79 Å². The summed E-state index contributed by atoms with van der Waals surface area (Å²) < 4.78 is 0. The molecule has 1 unspecified atom stereocenters. The Kier molecular flexibility index (Phi) is 6.40. The first-order valence-corrected chi connectivity index (χ1v) is 6.02. The van der Waals surface area contributed by atoms with Gasteiger partial charge in [0.25, 0.3) is 0 Å². The predicted octanol–water partition coefficient (Wildman–Crippen LogP) is 2.95. The monoisotopic (exact) mass is 296 g/mol. The van der Waals surface area contributed by atoms with Gasteiger partial charge in [0.1, 0.15) is 0 Å². The van der Waals surface area contributed by atoms with Gasteiger partial charge in [-0.25, -0.2) is 0 Å². The molecule has 4 heteroatoms. The van der Waals surface area contributed by atoms with E-state index in [2.05, 4.69) is 0 Å². The van der Waals surface area contributed by atoms with Crippen LogP contribution in [0.3, 0.4) is 0 Å². The third kappa shape index (κ3) is 3.92. The zero-order valence-corrected chi connectivity index (χ0v) is 13.5. The van der Waals surface area contributed by atoms with Crippen molar-refractivity contribution in [3.8, 4) is 0 Å². The molecule has 0 aromatic heterocycles. The molecule has 0 heterocycles. The molecule has 0 aliphatic heterocycles. The first-order valence-electron chi connectivity index (χ1n) is 6.02. The normalized spacial score (nSPS) is 11.2. The van der Waals surface area contributed by atoms with Gasteiger partial charge in [-0.2, -0.15) is 0 Å². The fourth-order valence-corrected chi connectivity index (χ4v) is 1.85. The van der Waals surface area contributed by atoms with Crippen molar-refractivity contribution in [3.63, 3.8) is 0 Å². The van der Waals surface area contributed by atoms with Gasteiger partial charge in [0.2, 0.25) is 0 Å². The maximum absolute atomic E-state index is 12.2. The number of hydrogen-bond acceptors (Lipinski definition) is 2. The summed E-state index contributed by atoms with van der Waals surface area (Å²) in [5.74, 6) is -1.62. The van der Waals surface area contributed by atoms with E-state index < -0.39 is 11.9 Å². The molecule has 0 bridgehead atoms. The molecule has 3 nitrogen and oxygen atoms in total. The number of carbonyl (C=O) groups excluding carboxylic acids is 1. The van der Waals surface area contributed by atoms with E-state index in [1.807, 2.05) is 6.07 Å². The summed E-state index contributed by atoms with van der Waals surface area (Å²) in [4.78, 5) is 23.2. The molecule has 1 atom stereocenters. The SMILES string of the molecule is CC(C(=O)O)c1cccc(C(=O)c2ccccc2)c1.[Ca+2].[H-].[H-]. The van der Waals surface area contributed by atoms with E-state index in [-0.39, 0.29) is 46.4 Å². The molecule has 0 aliphatic carbocycles. The summed E-state index contributed by atoms with van der Waals surface area (Å²) in [6.45, 7) is 1.61. The van der Waals surface area contributed by atoms with Gasteiger partial charge in [0, 0.05) is 11.1 Å². The van der Waals surface area contributed by atoms with Gasteiger partial charge in [-0.15, -0.1) is 0 Å². The van der Waals surface area contributed by atoms with Gasteiger partial charge in [-0.05, 0) is 18.6 Å². The molecule has 0 spiro atoms. The number of aliphatic carboxylic acids is 1. The number of ketones is 1. The Morgan fingerprint density at radius 1 is 1.00 bits per heavy atom. The van der Waals surface area contributed by atoms with Crippen LogP contribution in [0.5, 0.6) is 0 Å². The Morgan fingerprint density at radius 3 is 2.20 bits per heavy atom. The van der Waals surface area contributed by atoms with Crippen LogP contribution in [0.15, 0.2) is 54.6 Å². The second kappa shape index (κ2) is 7.58. The van der Waals surface area contributed by atoms with Gasteiger partial charge in [0.05, 0.1) is 5.92 Å². The summed E-state index contributed by atoms with van der Waals surface area (Å²) in [7, 11) is 0. The fourth-order valence-electron chi connectivity index (χ4n) is 1.85. The maximum Gasteiger partial charge on any atom is 2.00 e. The minimum absolute atomic E-state index is 0. The molecule has 0 amide bonds. The van der Waals surface area contributed by atoms with Crippen molar-refractivity contribution in [2.75, 3.05) is 0 Å². The Bertz CT molecular complexity index is 618. The molecule has 20 heavy (non-hydrogen) atoms. The van der Waals surface area contributed by atoms with Crippen molar-refractivity contribution >= 4 is 49.5 Å². The third-order valence-corrected chi connectivity index (χ3v) is 3.06. The zero-order valence-electron chi connectivity index (χ0n) is 13.2. The molecule has 2 rings (SSSR count). The number of benzene rings is 2. The van der Waals surface area contributed by atoms with E-state index >= 15 is 0 Å². The standard InChI is InChI=1S/C16H14O3.Ca.2H/c1-11(16(18)19)13-8-5-9-14(10-13)15(17)12-6-3-2-4-7-12;;;/h2-11H,1H3,(H,18,19);;;/q;+2;2*-1. The van der Waals surface area contributed by atoms with Crippen LogP contribution in [0.1, 0.15) is 37.2 Å². The molecular formula is C16H16CaO3. The molecule has 100 valence electrons. The molecule has 2 aromatic rings. The Hall–Kier alpha value is -1.16. The van der Waals surface area contributed by atoms with E-state index in [4.69, 9.17) is 5.11 Å². The molecular weight excluding hydrogens is 280 g/mol. The molecule has 0 saturated heterocycles. The van der Waals surface area contributed by atoms with Gasteiger partial charge in [-0.3, -0.25) is 9.59 Å². The van der Waals surface area contributed by atoms with E-state index in [1.165, 1.54) is 0 Å². The number of carboxylic acids is 1. The van der Waals surface area contributed by atoms with E-state index in [0.29, 0.717) is 16.7 Å². The van der Waals surface area contributed by atoms with Crippen molar-refractivity contribution in [1.29, 1.82) is 0 Å². The van der Waals surface area contributed by atoms with Crippen LogP contribution >= 0.6 is 0 Å². The minimum atomic E-state index is -0.899. The van der Waals surface area contributed by atoms with Gasteiger partial charge < -0.3 is 7.96 Å². The average molecular weight is 296 g/mol. The van der Waals surface area contributed by atoms with Crippen LogP contribution in [0.4, 0.5) is 0 Å². The van der Waals surface area contributed by atoms with Crippen molar-refractivity contribution in [1.82, 2.24) is 0 Å². The second-order valence-corrected chi connectivity index (χ2v) is 4.38. The topological polar surface area (TPSA) is 54.4 Å². The van der Waals surface area contributed by atoms with Crippen molar-refractivity contribution in [2.24, 2.45) is 0 Å². The molecule has 0 aliphatic rings. The smallest absolute Gasteiger partial charge is 1.00 e. The average Bonchev–Trinajstić information content (AvgIpc) is 2.46. The first kappa shape index (κ1) is 16.9. The number of carbonyl (C=O) groups is 2. The van der Waals surface area contributed by atoms with Gasteiger partial charge in [0.15, 0.2) is 5.78 Å². The molecule has 0 radical (unpaired) electrons. The summed E-state index contributed by atoms with van der Waals surface area (Å²) in [5.41, 5.74) is 1.74. The predicted molar refractivity (Wildman–Crippen MR) is 80.3 cm³/mol. The fraction of sp³-hybridized carbons (Fsp3) is 0.125. The van der Waals surface area contributed by atoms with Crippen molar-refractivity contribution in [3.05, 3.63) is 71.3 Å². The van der Waals surface area contributed by atoms with Crippen LogP contribution < -0.4 is 0 Å². The Balaban J connectivity index is 0. The van der Waals surface area contributed by atoms with Crippen LogP contribution in [0.25, 0.3) is 0 Å². The summed E-state index contributed by atoms with van der Waals surface area (Å²) in [6.07, 6.45) is 0. The van der Waals surface area contributed by atoms with Crippen molar-refractivity contribution < 1.29 is 17.5 Å². The quantitative estimate of drug-likeness (QED) is 0.697. The summed E-state index contributed by atoms with van der Waals surface area (Å²) >= 11 is 0. The third-order valence-electron chi connectivity index (χ3n) is 3.06. The largest absolute Gasteiger partial charge is 2.00 e. The van der Waals surface area contributed by atoms with Crippen molar-refractivity contribution in [2.45, 2.75) is 12.8 Å². The maximum atomic E-state index is 12.2. The van der Waals surface area contributed by atoms with Gasteiger partial charge >= 0.3 is 43.7 Å². The molecule has 0 saturated carbocycles. The van der Waals surface area contributed by atoms with Crippen LogP contribution in [0, 0.1) is 0 Å². The Labute approximate surface area is 150 Å². The first-order chi connectivity index (χ1) is 9.09.